The molecular weight excluding hydrogens is 342 g/mol. The number of piperazine rings is 1. The molecule has 1 aromatic heterocycles. The summed E-state index contributed by atoms with van der Waals surface area (Å²) in [4.78, 5) is 13.9. The standard InChI is InChI=1S/C20H33N5O2/c1-2-21-20(23-10-6-15-26-17-18-7-5-16-27-18)25-13-11-24(12-14-25)19-8-3-4-9-22-19/h3-4,8-9,18H,2,5-7,10-17H2,1H3,(H,21,23). The van der Waals surface area contributed by atoms with Gasteiger partial charge >= 0.3 is 0 Å². The minimum Gasteiger partial charge on any atom is -0.379 e. The van der Waals surface area contributed by atoms with Gasteiger partial charge in [0, 0.05) is 58.7 Å². The van der Waals surface area contributed by atoms with Gasteiger partial charge in [-0.15, -0.1) is 0 Å². The fourth-order valence-corrected chi connectivity index (χ4v) is 3.46. The summed E-state index contributed by atoms with van der Waals surface area (Å²) in [5, 5.41) is 3.42. The summed E-state index contributed by atoms with van der Waals surface area (Å²) in [7, 11) is 0. The van der Waals surface area contributed by atoms with E-state index < -0.39 is 0 Å². The van der Waals surface area contributed by atoms with Crippen molar-refractivity contribution in [3.8, 4) is 0 Å². The Balaban J connectivity index is 1.38. The molecule has 2 fully saturated rings. The molecular formula is C20H33N5O2. The van der Waals surface area contributed by atoms with E-state index in [1.807, 2.05) is 18.3 Å². The predicted octanol–water partition coefficient (Wildman–Crippen LogP) is 1.75. The van der Waals surface area contributed by atoms with Crippen LogP contribution in [-0.2, 0) is 9.47 Å². The summed E-state index contributed by atoms with van der Waals surface area (Å²) in [5.74, 6) is 2.07. The minimum atomic E-state index is 0.307. The van der Waals surface area contributed by atoms with Crippen LogP contribution in [-0.4, -0.2) is 81.0 Å². The molecule has 0 radical (unpaired) electrons. The Hall–Kier alpha value is -1.86. The largest absolute Gasteiger partial charge is 0.379 e. The molecule has 7 heteroatoms. The van der Waals surface area contributed by atoms with Gasteiger partial charge in [-0.2, -0.15) is 0 Å². The number of nitrogens with one attached hydrogen (secondary N) is 1. The first-order valence-electron chi connectivity index (χ1n) is 10.3. The summed E-state index contributed by atoms with van der Waals surface area (Å²) in [5.41, 5.74) is 0. The number of hydrogen-bond acceptors (Lipinski definition) is 5. The maximum absolute atomic E-state index is 5.73. The van der Waals surface area contributed by atoms with E-state index in [9.17, 15) is 0 Å². The van der Waals surface area contributed by atoms with Gasteiger partial charge in [-0.3, -0.25) is 4.99 Å². The minimum absolute atomic E-state index is 0.307. The summed E-state index contributed by atoms with van der Waals surface area (Å²) in [6.07, 6.45) is 5.40. The van der Waals surface area contributed by atoms with E-state index in [1.54, 1.807) is 0 Å². The zero-order valence-corrected chi connectivity index (χ0v) is 16.5. The molecule has 3 heterocycles. The van der Waals surface area contributed by atoms with Crippen molar-refractivity contribution in [2.24, 2.45) is 4.99 Å². The first-order chi connectivity index (χ1) is 13.4. The van der Waals surface area contributed by atoms with E-state index >= 15 is 0 Å². The number of anilines is 1. The third kappa shape index (κ3) is 6.36. The number of guanidine groups is 1. The maximum atomic E-state index is 5.73. The molecule has 0 bridgehead atoms. The van der Waals surface area contributed by atoms with Gasteiger partial charge in [0.15, 0.2) is 5.96 Å². The Morgan fingerprint density at radius 1 is 1.33 bits per heavy atom. The SMILES string of the molecule is CCNC(=NCCCOCC1CCCO1)N1CCN(c2ccccn2)CC1. The zero-order valence-electron chi connectivity index (χ0n) is 16.5. The van der Waals surface area contributed by atoms with Gasteiger partial charge < -0.3 is 24.6 Å². The second kappa shape index (κ2) is 11.1. The molecule has 1 unspecified atom stereocenters. The average Bonchev–Trinajstić information content (AvgIpc) is 3.24. The number of hydrogen-bond donors (Lipinski definition) is 1. The van der Waals surface area contributed by atoms with Crippen LogP contribution < -0.4 is 10.2 Å². The van der Waals surface area contributed by atoms with Crippen molar-refractivity contribution < 1.29 is 9.47 Å². The molecule has 3 rings (SSSR count). The molecule has 2 saturated heterocycles. The highest BCUT2D eigenvalue weighted by Gasteiger charge is 2.20. The van der Waals surface area contributed by atoms with Gasteiger partial charge in [-0.05, 0) is 38.3 Å². The molecule has 1 N–H and O–H groups in total. The highest BCUT2D eigenvalue weighted by atomic mass is 16.5. The van der Waals surface area contributed by atoms with Crippen molar-refractivity contribution in [3.05, 3.63) is 24.4 Å². The molecule has 0 spiro atoms. The Labute approximate surface area is 162 Å². The van der Waals surface area contributed by atoms with E-state index in [4.69, 9.17) is 14.5 Å². The smallest absolute Gasteiger partial charge is 0.194 e. The zero-order chi connectivity index (χ0) is 18.7. The lowest BCUT2D eigenvalue weighted by Crippen LogP contribution is -2.52. The monoisotopic (exact) mass is 375 g/mol. The van der Waals surface area contributed by atoms with Crippen molar-refractivity contribution >= 4 is 11.8 Å². The normalized spacial score (nSPS) is 20.9. The Morgan fingerprint density at radius 2 is 2.22 bits per heavy atom. The van der Waals surface area contributed by atoms with Crippen molar-refractivity contribution in [2.75, 3.05) is 64.0 Å². The average molecular weight is 376 g/mol. The van der Waals surface area contributed by atoms with Crippen LogP contribution in [0.15, 0.2) is 29.4 Å². The highest BCUT2D eigenvalue weighted by Crippen LogP contribution is 2.13. The van der Waals surface area contributed by atoms with Crippen LogP contribution in [0, 0.1) is 0 Å². The molecule has 1 aromatic rings. The van der Waals surface area contributed by atoms with Gasteiger partial charge in [0.1, 0.15) is 5.82 Å². The van der Waals surface area contributed by atoms with Gasteiger partial charge in [0.05, 0.1) is 12.7 Å². The highest BCUT2D eigenvalue weighted by molar-refractivity contribution is 5.80. The predicted molar refractivity (Wildman–Crippen MR) is 108 cm³/mol. The Morgan fingerprint density at radius 3 is 2.93 bits per heavy atom. The number of ether oxygens (including phenoxy) is 2. The summed E-state index contributed by atoms with van der Waals surface area (Å²) >= 11 is 0. The summed E-state index contributed by atoms with van der Waals surface area (Å²) in [6.45, 7) is 9.98. The van der Waals surface area contributed by atoms with Crippen molar-refractivity contribution in [1.29, 1.82) is 0 Å². The Kier molecular flexibility index (Phi) is 8.17. The number of aromatic nitrogens is 1. The van der Waals surface area contributed by atoms with Gasteiger partial charge in [-0.1, -0.05) is 6.07 Å². The van der Waals surface area contributed by atoms with Crippen LogP contribution in [0.25, 0.3) is 0 Å². The molecule has 0 aliphatic carbocycles. The van der Waals surface area contributed by atoms with E-state index in [2.05, 4.69) is 33.1 Å². The van der Waals surface area contributed by atoms with Crippen LogP contribution >= 0.6 is 0 Å². The third-order valence-electron chi connectivity index (χ3n) is 4.92. The molecule has 0 amide bonds. The molecule has 27 heavy (non-hydrogen) atoms. The van der Waals surface area contributed by atoms with Crippen molar-refractivity contribution in [2.45, 2.75) is 32.3 Å². The Bertz CT molecular complexity index is 555. The van der Waals surface area contributed by atoms with Crippen LogP contribution in [0.1, 0.15) is 26.2 Å². The van der Waals surface area contributed by atoms with E-state index in [1.165, 1.54) is 0 Å². The number of pyridine rings is 1. The van der Waals surface area contributed by atoms with Gasteiger partial charge in [0.2, 0.25) is 0 Å². The number of aliphatic imine (C=N–C) groups is 1. The summed E-state index contributed by atoms with van der Waals surface area (Å²) < 4.78 is 11.3. The third-order valence-corrected chi connectivity index (χ3v) is 4.92. The summed E-state index contributed by atoms with van der Waals surface area (Å²) in [6, 6.07) is 6.08. The van der Waals surface area contributed by atoms with E-state index in [-0.39, 0.29) is 0 Å². The van der Waals surface area contributed by atoms with Gasteiger partial charge in [0.25, 0.3) is 0 Å². The van der Waals surface area contributed by atoms with Crippen LogP contribution in [0.3, 0.4) is 0 Å². The number of nitrogens with zero attached hydrogens (tertiary/aromatic N) is 4. The maximum Gasteiger partial charge on any atom is 0.194 e. The first kappa shape index (κ1) is 19.9. The molecule has 2 aliphatic rings. The lowest BCUT2D eigenvalue weighted by Gasteiger charge is -2.37. The molecule has 1 atom stereocenters. The fourth-order valence-electron chi connectivity index (χ4n) is 3.46. The van der Waals surface area contributed by atoms with Crippen LogP contribution in [0.4, 0.5) is 5.82 Å². The lowest BCUT2D eigenvalue weighted by atomic mass is 10.2. The second-order valence-corrected chi connectivity index (χ2v) is 6.96. The van der Waals surface area contributed by atoms with Crippen molar-refractivity contribution in [1.82, 2.24) is 15.2 Å². The molecule has 0 saturated carbocycles. The lowest BCUT2D eigenvalue weighted by molar-refractivity contribution is 0.0170. The van der Waals surface area contributed by atoms with E-state index in [0.29, 0.717) is 6.10 Å². The van der Waals surface area contributed by atoms with Crippen LogP contribution in [0.2, 0.25) is 0 Å². The quantitative estimate of drug-likeness (QED) is 0.424. The molecule has 0 aromatic carbocycles. The van der Waals surface area contributed by atoms with Gasteiger partial charge in [-0.25, -0.2) is 4.98 Å². The van der Waals surface area contributed by atoms with Crippen molar-refractivity contribution in [3.63, 3.8) is 0 Å². The van der Waals surface area contributed by atoms with Crippen LogP contribution in [0.5, 0.6) is 0 Å². The number of rotatable bonds is 8. The first-order valence-corrected chi connectivity index (χ1v) is 10.3. The van der Waals surface area contributed by atoms with E-state index in [0.717, 1.165) is 90.1 Å². The molecule has 7 nitrogen and oxygen atoms in total. The molecule has 2 aliphatic heterocycles. The molecule has 150 valence electrons. The second-order valence-electron chi connectivity index (χ2n) is 6.96. The fraction of sp³-hybridized carbons (Fsp3) is 0.700. The topological polar surface area (TPSA) is 62.2 Å².